The lowest BCUT2D eigenvalue weighted by atomic mass is 10.1. The second kappa shape index (κ2) is 8.59. The van der Waals surface area contributed by atoms with Crippen LogP contribution < -0.4 is 5.32 Å². The Morgan fingerprint density at radius 1 is 1.19 bits per heavy atom. The number of fused-ring (bicyclic) bond motifs is 1. The number of aromatic nitrogens is 3. The zero-order valence-electron chi connectivity index (χ0n) is 18.1. The fourth-order valence-electron chi connectivity index (χ4n) is 4.42. The van der Waals surface area contributed by atoms with E-state index < -0.39 is 0 Å². The van der Waals surface area contributed by atoms with E-state index in [9.17, 15) is 0 Å². The Morgan fingerprint density at radius 2 is 2.06 bits per heavy atom. The van der Waals surface area contributed by atoms with Gasteiger partial charge in [-0.25, -0.2) is 9.67 Å². The van der Waals surface area contributed by atoms with Crippen LogP contribution in [-0.2, 0) is 22.6 Å². The first-order valence-corrected chi connectivity index (χ1v) is 11.0. The van der Waals surface area contributed by atoms with Crippen LogP contribution in [0.1, 0.15) is 42.7 Å². The molecule has 7 heteroatoms. The molecule has 1 fully saturated rings. The third-order valence-electron chi connectivity index (χ3n) is 6.04. The Morgan fingerprint density at radius 3 is 2.87 bits per heavy atom. The monoisotopic (exact) mass is 419 g/mol. The SMILES string of the molecule is CCn1ncc2c(NC3CCOCC3)c(C3OC=CN3Cc3cccc(C)c3)cnc21. The first-order chi connectivity index (χ1) is 15.2. The maximum atomic E-state index is 6.08. The first kappa shape index (κ1) is 19.9. The predicted molar refractivity (Wildman–Crippen MR) is 120 cm³/mol. The molecule has 1 aromatic carbocycles. The zero-order chi connectivity index (χ0) is 21.2. The molecule has 0 radical (unpaired) electrons. The van der Waals surface area contributed by atoms with Gasteiger partial charge in [0.15, 0.2) is 5.65 Å². The predicted octanol–water partition coefficient (Wildman–Crippen LogP) is 4.35. The van der Waals surface area contributed by atoms with Crippen molar-refractivity contribution in [2.24, 2.45) is 0 Å². The molecule has 0 aliphatic carbocycles. The summed E-state index contributed by atoms with van der Waals surface area (Å²) in [6, 6.07) is 8.96. The first-order valence-electron chi connectivity index (χ1n) is 11.0. The molecule has 162 valence electrons. The lowest BCUT2D eigenvalue weighted by molar-refractivity contribution is 0.0525. The van der Waals surface area contributed by atoms with Gasteiger partial charge in [0.2, 0.25) is 6.23 Å². The third kappa shape index (κ3) is 3.97. The quantitative estimate of drug-likeness (QED) is 0.641. The van der Waals surface area contributed by atoms with Crippen LogP contribution in [0.15, 0.2) is 49.1 Å². The molecule has 0 bridgehead atoms. The number of nitrogens with zero attached hydrogens (tertiary/aromatic N) is 4. The third-order valence-corrected chi connectivity index (χ3v) is 6.04. The standard InChI is InChI=1S/C24H29N5O2/c1-3-29-23-20(15-26-29)22(27-19-7-10-30-11-8-19)21(14-25-23)24-28(9-12-31-24)16-18-6-4-5-17(2)13-18/h4-6,9,12-15,19,24H,3,7-8,10-11,16H2,1-2H3,(H,25,27). The minimum Gasteiger partial charge on any atom is -0.472 e. The normalized spacial score (nSPS) is 19.2. The summed E-state index contributed by atoms with van der Waals surface area (Å²) in [5.41, 5.74) is 5.52. The van der Waals surface area contributed by atoms with Crippen LogP contribution in [0.25, 0.3) is 11.0 Å². The molecule has 1 atom stereocenters. The fourth-order valence-corrected chi connectivity index (χ4v) is 4.42. The molecule has 4 heterocycles. The summed E-state index contributed by atoms with van der Waals surface area (Å²) in [4.78, 5) is 6.99. The number of rotatable bonds is 6. The van der Waals surface area contributed by atoms with Crippen molar-refractivity contribution >= 4 is 16.7 Å². The zero-order valence-corrected chi connectivity index (χ0v) is 18.1. The highest BCUT2D eigenvalue weighted by Crippen LogP contribution is 2.38. The molecule has 0 saturated carbocycles. The minimum atomic E-state index is -0.232. The topological polar surface area (TPSA) is 64.4 Å². The van der Waals surface area contributed by atoms with Crippen molar-refractivity contribution in [3.05, 3.63) is 65.8 Å². The summed E-state index contributed by atoms with van der Waals surface area (Å²) in [7, 11) is 0. The maximum absolute atomic E-state index is 6.08. The van der Waals surface area contributed by atoms with Gasteiger partial charge in [0.1, 0.15) is 6.26 Å². The van der Waals surface area contributed by atoms with Gasteiger partial charge >= 0.3 is 0 Å². The molecule has 2 aliphatic heterocycles. The van der Waals surface area contributed by atoms with Crippen molar-refractivity contribution in [1.82, 2.24) is 19.7 Å². The second-order valence-corrected chi connectivity index (χ2v) is 8.25. The molecule has 5 rings (SSSR count). The van der Waals surface area contributed by atoms with Crippen molar-refractivity contribution in [3.8, 4) is 0 Å². The molecule has 0 amide bonds. The van der Waals surface area contributed by atoms with Gasteiger partial charge in [-0.3, -0.25) is 0 Å². The summed E-state index contributed by atoms with van der Waals surface area (Å²) >= 11 is 0. The van der Waals surface area contributed by atoms with Crippen LogP contribution in [0.3, 0.4) is 0 Å². The fraction of sp³-hybridized carbons (Fsp3) is 0.417. The van der Waals surface area contributed by atoms with Gasteiger partial charge in [0, 0.05) is 44.7 Å². The average Bonchev–Trinajstić information content (AvgIpc) is 3.41. The number of nitrogens with one attached hydrogen (secondary N) is 1. The van der Waals surface area contributed by atoms with Crippen molar-refractivity contribution in [1.29, 1.82) is 0 Å². The number of aryl methyl sites for hydroxylation is 2. The molecule has 0 spiro atoms. The van der Waals surface area contributed by atoms with Gasteiger partial charge in [0.05, 0.1) is 22.8 Å². The van der Waals surface area contributed by atoms with Crippen molar-refractivity contribution in [3.63, 3.8) is 0 Å². The van der Waals surface area contributed by atoms with E-state index in [2.05, 4.69) is 53.4 Å². The molecule has 31 heavy (non-hydrogen) atoms. The Kier molecular flexibility index (Phi) is 5.51. The van der Waals surface area contributed by atoms with Crippen LogP contribution in [0, 0.1) is 6.92 Å². The largest absolute Gasteiger partial charge is 0.472 e. The molecule has 2 aliphatic rings. The molecule has 2 aromatic heterocycles. The van der Waals surface area contributed by atoms with Gasteiger partial charge in [-0.2, -0.15) is 5.10 Å². The highest BCUT2D eigenvalue weighted by molar-refractivity contribution is 5.91. The van der Waals surface area contributed by atoms with E-state index in [4.69, 9.17) is 14.5 Å². The van der Waals surface area contributed by atoms with Crippen molar-refractivity contribution < 1.29 is 9.47 Å². The molecule has 3 aromatic rings. The average molecular weight is 420 g/mol. The summed E-state index contributed by atoms with van der Waals surface area (Å²) in [5.74, 6) is 0. The van der Waals surface area contributed by atoms with Crippen LogP contribution in [-0.4, -0.2) is 38.9 Å². The number of anilines is 1. The Labute approximate surface area is 182 Å². The van der Waals surface area contributed by atoms with E-state index in [0.717, 1.165) is 61.4 Å². The van der Waals surface area contributed by atoms with Crippen LogP contribution in [0.4, 0.5) is 5.69 Å². The number of hydrogen-bond donors (Lipinski definition) is 1. The highest BCUT2D eigenvalue weighted by atomic mass is 16.5. The highest BCUT2D eigenvalue weighted by Gasteiger charge is 2.29. The maximum Gasteiger partial charge on any atom is 0.201 e. The minimum absolute atomic E-state index is 0.232. The van der Waals surface area contributed by atoms with Gasteiger partial charge in [-0.05, 0) is 32.3 Å². The van der Waals surface area contributed by atoms with Crippen LogP contribution >= 0.6 is 0 Å². The molecular weight excluding hydrogens is 390 g/mol. The van der Waals surface area contributed by atoms with E-state index >= 15 is 0 Å². The number of pyridine rings is 1. The van der Waals surface area contributed by atoms with Crippen LogP contribution in [0.2, 0.25) is 0 Å². The van der Waals surface area contributed by atoms with E-state index in [-0.39, 0.29) is 6.23 Å². The Balaban J connectivity index is 1.50. The van der Waals surface area contributed by atoms with Crippen LogP contribution in [0.5, 0.6) is 0 Å². The smallest absolute Gasteiger partial charge is 0.201 e. The van der Waals surface area contributed by atoms with Crippen molar-refractivity contribution in [2.75, 3.05) is 18.5 Å². The lowest BCUT2D eigenvalue weighted by Crippen LogP contribution is -2.29. The molecule has 1 unspecified atom stereocenters. The van der Waals surface area contributed by atoms with E-state index in [1.165, 1.54) is 11.1 Å². The second-order valence-electron chi connectivity index (χ2n) is 8.25. The van der Waals surface area contributed by atoms with Crippen molar-refractivity contribution in [2.45, 2.75) is 52.0 Å². The van der Waals surface area contributed by atoms with E-state index in [1.54, 1.807) is 6.26 Å². The molecule has 1 saturated heterocycles. The van der Waals surface area contributed by atoms with Gasteiger partial charge in [0.25, 0.3) is 0 Å². The summed E-state index contributed by atoms with van der Waals surface area (Å²) in [6.07, 6.45) is 9.40. The summed E-state index contributed by atoms with van der Waals surface area (Å²) < 4.78 is 13.6. The Hall–Kier alpha value is -3.06. The summed E-state index contributed by atoms with van der Waals surface area (Å²) in [6.45, 7) is 7.34. The molecule has 1 N–H and O–H groups in total. The molecule has 7 nitrogen and oxygen atoms in total. The van der Waals surface area contributed by atoms with Gasteiger partial charge in [-0.15, -0.1) is 0 Å². The molecular formula is C24H29N5O2. The summed E-state index contributed by atoms with van der Waals surface area (Å²) in [5, 5.41) is 9.38. The number of ether oxygens (including phenoxy) is 2. The lowest BCUT2D eigenvalue weighted by Gasteiger charge is -2.29. The van der Waals surface area contributed by atoms with E-state index in [1.807, 2.05) is 23.3 Å². The van der Waals surface area contributed by atoms with Gasteiger partial charge < -0.3 is 19.7 Å². The van der Waals surface area contributed by atoms with Gasteiger partial charge in [-0.1, -0.05) is 29.8 Å². The van der Waals surface area contributed by atoms with E-state index in [0.29, 0.717) is 6.04 Å². The Bertz CT molecular complexity index is 1090. The number of hydrogen-bond acceptors (Lipinski definition) is 6. The number of benzene rings is 1.